The van der Waals surface area contributed by atoms with Gasteiger partial charge in [0.05, 0.1) is 5.02 Å². The molecule has 0 saturated carbocycles. The maximum absolute atomic E-state index is 13.5. The molecule has 21 heavy (non-hydrogen) atoms. The molecule has 0 fully saturated rings. The second-order valence-corrected chi connectivity index (χ2v) is 6.26. The average Bonchev–Trinajstić information content (AvgIpc) is 2.36. The maximum Gasteiger partial charge on any atom is 0.225 e. The minimum atomic E-state index is -0.471. The van der Waals surface area contributed by atoms with Crippen LogP contribution in [0.1, 0.15) is 26.3 Å². The first-order valence-corrected chi connectivity index (χ1v) is 6.96. The van der Waals surface area contributed by atoms with Crippen molar-refractivity contribution in [2.24, 2.45) is 0 Å². The maximum atomic E-state index is 13.5. The Morgan fingerprint density at radius 2 is 1.95 bits per heavy atom. The molecule has 1 aromatic carbocycles. The van der Waals surface area contributed by atoms with E-state index in [1.165, 1.54) is 12.1 Å². The van der Waals surface area contributed by atoms with Crippen molar-refractivity contribution < 1.29 is 4.39 Å². The van der Waals surface area contributed by atoms with Gasteiger partial charge < -0.3 is 10.6 Å². The fraction of sp³-hybridized carbons (Fsp3) is 0.333. The largest absolute Gasteiger partial charge is 0.350 e. The van der Waals surface area contributed by atoms with E-state index in [0.29, 0.717) is 17.5 Å². The number of benzene rings is 1. The number of halogens is 2. The summed E-state index contributed by atoms with van der Waals surface area (Å²) >= 11 is 5.67. The number of aromatic nitrogens is 2. The minimum absolute atomic E-state index is 0.0926. The lowest BCUT2D eigenvalue weighted by Crippen LogP contribution is -2.27. The number of hydrogen-bond acceptors (Lipinski definition) is 4. The summed E-state index contributed by atoms with van der Waals surface area (Å²) in [6.45, 7) is 7.96. The summed E-state index contributed by atoms with van der Waals surface area (Å²) in [5.74, 6) is 0.671. The summed E-state index contributed by atoms with van der Waals surface area (Å²) in [6, 6.07) is 4.54. The molecule has 0 saturated heterocycles. The van der Waals surface area contributed by atoms with Crippen molar-refractivity contribution in [2.45, 2.75) is 33.2 Å². The van der Waals surface area contributed by atoms with Crippen LogP contribution < -0.4 is 10.6 Å². The van der Waals surface area contributed by atoms with E-state index >= 15 is 0 Å². The van der Waals surface area contributed by atoms with E-state index in [0.717, 1.165) is 5.56 Å². The van der Waals surface area contributed by atoms with Gasteiger partial charge in [-0.05, 0) is 45.9 Å². The highest BCUT2D eigenvalue weighted by Crippen LogP contribution is 2.23. The Morgan fingerprint density at radius 1 is 1.24 bits per heavy atom. The summed E-state index contributed by atoms with van der Waals surface area (Å²) in [6.07, 6.45) is 1.72. The van der Waals surface area contributed by atoms with Crippen molar-refractivity contribution in [1.29, 1.82) is 0 Å². The van der Waals surface area contributed by atoms with Crippen molar-refractivity contribution in [3.05, 3.63) is 40.8 Å². The second-order valence-electron chi connectivity index (χ2n) is 5.85. The third kappa shape index (κ3) is 4.29. The lowest BCUT2D eigenvalue weighted by atomic mass is 10.1. The van der Waals surface area contributed by atoms with E-state index in [1.807, 2.05) is 27.7 Å². The van der Waals surface area contributed by atoms with Gasteiger partial charge in [-0.1, -0.05) is 11.6 Å². The van der Waals surface area contributed by atoms with Crippen LogP contribution in [-0.4, -0.2) is 15.5 Å². The van der Waals surface area contributed by atoms with Crippen molar-refractivity contribution >= 4 is 29.1 Å². The molecule has 0 aliphatic heterocycles. The molecule has 0 spiro atoms. The van der Waals surface area contributed by atoms with E-state index in [-0.39, 0.29) is 10.6 Å². The fourth-order valence-electron chi connectivity index (χ4n) is 1.67. The van der Waals surface area contributed by atoms with Gasteiger partial charge in [0.1, 0.15) is 11.6 Å². The normalized spacial score (nSPS) is 11.3. The van der Waals surface area contributed by atoms with E-state index in [1.54, 1.807) is 12.3 Å². The highest BCUT2D eigenvalue weighted by atomic mass is 35.5. The van der Waals surface area contributed by atoms with Crippen LogP contribution in [0.15, 0.2) is 24.4 Å². The Labute approximate surface area is 128 Å². The predicted octanol–water partition coefficient (Wildman–Crippen LogP) is 4.53. The molecule has 0 amide bonds. The highest BCUT2D eigenvalue weighted by molar-refractivity contribution is 6.30. The summed E-state index contributed by atoms with van der Waals surface area (Å²) < 4.78 is 13.5. The SMILES string of the molecule is Cc1cnc(NC(C)(C)C)nc1Nc1ccc(Cl)c(F)c1. The molecule has 6 heteroatoms. The first-order valence-electron chi connectivity index (χ1n) is 6.58. The van der Waals surface area contributed by atoms with E-state index in [2.05, 4.69) is 20.6 Å². The van der Waals surface area contributed by atoms with Crippen molar-refractivity contribution in [1.82, 2.24) is 9.97 Å². The van der Waals surface area contributed by atoms with Gasteiger partial charge in [-0.2, -0.15) is 4.98 Å². The summed E-state index contributed by atoms with van der Waals surface area (Å²) in [5.41, 5.74) is 1.31. The van der Waals surface area contributed by atoms with Gasteiger partial charge >= 0.3 is 0 Å². The van der Waals surface area contributed by atoms with Crippen LogP contribution in [0, 0.1) is 12.7 Å². The van der Waals surface area contributed by atoms with Gasteiger partial charge in [-0.3, -0.25) is 0 Å². The Hall–Kier alpha value is -1.88. The van der Waals surface area contributed by atoms with Gasteiger partial charge in [0.25, 0.3) is 0 Å². The van der Waals surface area contributed by atoms with Crippen LogP contribution >= 0.6 is 11.6 Å². The zero-order chi connectivity index (χ0) is 15.6. The Kier molecular flexibility index (Phi) is 4.32. The third-order valence-electron chi connectivity index (χ3n) is 2.64. The standard InChI is InChI=1S/C15H18ClFN4/c1-9-8-18-14(21-15(2,3)4)20-13(9)19-10-5-6-11(16)12(17)7-10/h5-8H,1-4H3,(H2,18,19,20,21). The lowest BCUT2D eigenvalue weighted by Gasteiger charge is -2.21. The Bertz CT molecular complexity index is 653. The molecule has 4 nitrogen and oxygen atoms in total. The first-order chi connectivity index (χ1) is 9.74. The highest BCUT2D eigenvalue weighted by Gasteiger charge is 2.12. The number of nitrogens with one attached hydrogen (secondary N) is 2. The minimum Gasteiger partial charge on any atom is -0.350 e. The van der Waals surface area contributed by atoms with Gasteiger partial charge in [0.15, 0.2) is 0 Å². The average molecular weight is 309 g/mol. The molecule has 1 aromatic heterocycles. The van der Waals surface area contributed by atoms with Gasteiger partial charge in [-0.15, -0.1) is 0 Å². The molecule has 0 aliphatic carbocycles. The molecule has 1 heterocycles. The van der Waals surface area contributed by atoms with Crippen molar-refractivity contribution in [3.8, 4) is 0 Å². The van der Waals surface area contributed by atoms with Gasteiger partial charge in [-0.25, -0.2) is 9.37 Å². The number of nitrogens with zero attached hydrogens (tertiary/aromatic N) is 2. The number of hydrogen-bond donors (Lipinski definition) is 2. The topological polar surface area (TPSA) is 49.8 Å². The Balaban J connectivity index is 2.26. The van der Waals surface area contributed by atoms with E-state index in [4.69, 9.17) is 11.6 Å². The first kappa shape index (κ1) is 15.5. The monoisotopic (exact) mass is 308 g/mol. The second kappa shape index (κ2) is 5.85. The molecular formula is C15H18ClFN4. The number of anilines is 3. The molecule has 112 valence electrons. The molecule has 2 aromatic rings. The molecular weight excluding hydrogens is 291 g/mol. The van der Waals surface area contributed by atoms with Gasteiger partial charge in [0, 0.05) is 23.0 Å². The zero-order valence-corrected chi connectivity index (χ0v) is 13.2. The van der Waals surface area contributed by atoms with Crippen LogP contribution in [0.5, 0.6) is 0 Å². The Morgan fingerprint density at radius 3 is 2.57 bits per heavy atom. The summed E-state index contributed by atoms with van der Waals surface area (Å²) in [7, 11) is 0. The van der Waals surface area contributed by atoms with Crippen LogP contribution in [-0.2, 0) is 0 Å². The van der Waals surface area contributed by atoms with Crippen molar-refractivity contribution in [2.75, 3.05) is 10.6 Å². The number of rotatable bonds is 3. The third-order valence-corrected chi connectivity index (χ3v) is 2.95. The fourth-order valence-corrected chi connectivity index (χ4v) is 1.79. The molecule has 0 unspecified atom stereocenters. The van der Waals surface area contributed by atoms with E-state index in [9.17, 15) is 4.39 Å². The van der Waals surface area contributed by atoms with Crippen LogP contribution in [0.3, 0.4) is 0 Å². The van der Waals surface area contributed by atoms with Crippen LogP contribution in [0.25, 0.3) is 0 Å². The van der Waals surface area contributed by atoms with Gasteiger partial charge in [0.2, 0.25) is 5.95 Å². The van der Waals surface area contributed by atoms with E-state index < -0.39 is 5.82 Å². The zero-order valence-electron chi connectivity index (χ0n) is 12.5. The summed E-state index contributed by atoms with van der Waals surface area (Å²) in [4.78, 5) is 8.66. The van der Waals surface area contributed by atoms with Crippen LogP contribution in [0.2, 0.25) is 5.02 Å². The molecule has 0 aliphatic rings. The molecule has 2 N–H and O–H groups in total. The lowest BCUT2D eigenvalue weighted by molar-refractivity contribution is 0.626. The quantitative estimate of drug-likeness (QED) is 0.874. The van der Waals surface area contributed by atoms with Crippen molar-refractivity contribution in [3.63, 3.8) is 0 Å². The summed E-state index contributed by atoms with van der Waals surface area (Å²) in [5, 5.41) is 6.37. The van der Waals surface area contributed by atoms with Crippen LogP contribution in [0.4, 0.5) is 21.8 Å². The molecule has 2 rings (SSSR count). The number of aryl methyl sites for hydroxylation is 1. The smallest absolute Gasteiger partial charge is 0.225 e. The molecule has 0 radical (unpaired) electrons. The predicted molar refractivity (Wildman–Crippen MR) is 84.8 cm³/mol. The molecule has 0 atom stereocenters. The molecule has 0 bridgehead atoms.